The average molecular weight is 457 g/mol. The smallest absolute Gasteiger partial charge is 0.273 e. The fraction of sp³-hybridized carbons (Fsp3) is 0.640. The van der Waals surface area contributed by atoms with Gasteiger partial charge in [-0.2, -0.15) is 5.10 Å². The normalized spacial score (nSPS) is 22.9. The predicted molar refractivity (Wildman–Crippen MR) is 128 cm³/mol. The molecular weight excluding hydrogens is 420 g/mol. The maximum absolute atomic E-state index is 13.7. The van der Waals surface area contributed by atoms with Gasteiger partial charge in [0, 0.05) is 16.3 Å². The van der Waals surface area contributed by atoms with Gasteiger partial charge in [-0.05, 0) is 37.3 Å². The monoisotopic (exact) mass is 456 g/mol. The Bertz CT molecular complexity index is 951. The van der Waals surface area contributed by atoms with Gasteiger partial charge in [0.25, 0.3) is 5.91 Å². The number of hydrogen-bond acceptors (Lipinski definition) is 4. The van der Waals surface area contributed by atoms with E-state index in [-0.39, 0.29) is 23.3 Å². The zero-order chi connectivity index (χ0) is 22.9. The van der Waals surface area contributed by atoms with Gasteiger partial charge < -0.3 is 10.2 Å². The van der Waals surface area contributed by atoms with Crippen LogP contribution in [0.5, 0.6) is 0 Å². The largest absolute Gasteiger partial charge is 0.351 e. The maximum atomic E-state index is 13.7. The van der Waals surface area contributed by atoms with Crippen molar-refractivity contribution in [2.45, 2.75) is 103 Å². The number of nitrogens with zero attached hydrogens (tertiary/aromatic N) is 3. The van der Waals surface area contributed by atoms with Crippen molar-refractivity contribution in [1.82, 2.24) is 20.0 Å². The molecule has 0 bridgehead atoms. The number of fused-ring (bicyclic) bond motifs is 1. The number of aromatic nitrogens is 2. The quantitative estimate of drug-likeness (QED) is 0.713. The van der Waals surface area contributed by atoms with Crippen LogP contribution in [-0.2, 0) is 23.3 Å². The molecule has 1 fully saturated rings. The summed E-state index contributed by atoms with van der Waals surface area (Å²) in [5.74, 6) is -0.186. The third-order valence-electron chi connectivity index (χ3n) is 6.89. The molecule has 0 unspecified atom stereocenters. The van der Waals surface area contributed by atoms with Crippen molar-refractivity contribution in [3.63, 3.8) is 0 Å². The topological polar surface area (TPSA) is 67.2 Å². The summed E-state index contributed by atoms with van der Waals surface area (Å²) < 4.78 is 1.76. The first kappa shape index (κ1) is 23.0. The molecule has 7 heteroatoms. The number of rotatable bonds is 4. The van der Waals surface area contributed by atoms with E-state index < -0.39 is 5.54 Å². The van der Waals surface area contributed by atoms with Crippen molar-refractivity contribution < 1.29 is 9.59 Å². The molecule has 1 aliphatic carbocycles. The molecule has 4 rings (SSSR count). The predicted octanol–water partition coefficient (Wildman–Crippen LogP) is 4.89. The van der Waals surface area contributed by atoms with Crippen LogP contribution in [-0.4, -0.2) is 38.1 Å². The Morgan fingerprint density at radius 1 is 1.22 bits per heavy atom. The Hall–Kier alpha value is -2.15. The van der Waals surface area contributed by atoms with Crippen molar-refractivity contribution in [2.75, 3.05) is 0 Å². The number of thiophene rings is 1. The van der Waals surface area contributed by atoms with Gasteiger partial charge in [-0.15, -0.1) is 11.3 Å². The molecule has 174 valence electrons. The van der Waals surface area contributed by atoms with E-state index in [0.717, 1.165) is 36.3 Å². The van der Waals surface area contributed by atoms with E-state index >= 15 is 0 Å². The second kappa shape index (κ2) is 9.00. The highest BCUT2D eigenvalue weighted by Gasteiger charge is 2.48. The second-order valence-corrected chi connectivity index (χ2v) is 11.6. The number of nitrogens with one attached hydrogen (secondary N) is 1. The van der Waals surface area contributed by atoms with Crippen LogP contribution in [0.25, 0.3) is 0 Å². The Balaban J connectivity index is 1.65. The van der Waals surface area contributed by atoms with Gasteiger partial charge in [-0.1, -0.05) is 58.9 Å². The third-order valence-corrected chi connectivity index (χ3v) is 7.75. The minimum Gasteiger partial charge on any atom is -0.351 e. The van der Waals surface area contributed by atoms with Crippen molar-refractivity contribution in [1.29, 1.82) is 0 Å². The molecule has 0 radical (unpaired) electrons. The van der Waals surface area contributed by atoms with E-state index in [0.29, 0.717) is 18.8 Å². The van der Waals surface area contributed by atoms with Crippen LogP contribution in [0.3, 0.4) is 0 Å². The van der Waals surface area contributed by atoms with Crippen molar-refractivity contribution in [2.24, 2.45) is 0 Å². The fourth-order valence-electron chi connectivity index (χ4n) is 4.76. The summed E-state index contributed by atoms with van der Waals surface area (Å²) in [7, 11) is 0. The fourth-order valence-corrected chi connectivity index (χ4v) is 5.45. The molecule has 0 aromatic carbocycles. The van der Waals surface area contributed by atoms with Crippen molar-refractivity contribution >= 4 is 23.2 Å². The van der Waals surface area contributed by atoms with E-state index in [1.807, 2.05) is 30.5 Å². The number of hydrogen-bond donors (Lipinski definition) is 1. The van der Waals surface area contributed by atoms with Crippen LogP contribution < -0.4 is 5.32 Å². The molecule has 1 N–H and O–H groups in total. The summed E-state index contributed by atoms with van der Waals surface area (Å²) >= 11 is 1.61. The Labute approximate surface area is 195 Å². The van der Waals surface area contributed by atoms with Gasteiger partial charge in [0.05, 0.1) is 18.8 Å². The third kappa shape index (κ3) is 4.63. The van der Waals surface area contributed by atoms with Crippen LogP contribution >= 0.6 is 11.3 Å². The molecule has 6 nitrogen and oxygen atoms in total. The lowest BCUT2D eigenvalue weighted by atomic mass is 9.91. The van der Waals surface area contributed by atoms with E-state index in [2.05, 4.69) is 26.1 Å². The number of carbonyl (C=O) groups excluding carboxylic acids is 2. The molecule has 32 heavy (non-hydrogen) atoms. The zero-order valence-electron chi connectivity index (χ0n) is 19.8. The van der Waals surface area contributed by atoms with Crippen LogP contribution in [0, 0.1) is 0 Å². The van der Waals surface area contributed by atoms with E-state index in [9.17, 15) is 9.59 Å². The van der Waals surface area contributed by atoms with Crippen molar-refractivity contribution in [3.8, 4) is 0 Å². The lowest BCUT2D eigenvalue weighted by molar-refractivity contribution is -0.134. The average Bonchev–Trinajstić information content (AvgIpc) is 3.36. The summed E-state index contributed by atoms with van der Waals surface area (Å²) in [6, 6.07) is 6.10. The van der Waals surface area contributed by atoms with Crippen molar-refractivity contribution in [3.05, 3.63) is 39.8 Å². The van der Waals surface area contributed by atoms with E-state index in [1.54, 1.807) is 20.9 Å². The zero-order valence-corrected chi connectivity index (χ0v) is 20.6. The van der Waals surface area contributed by atoms with Gasteiger partial charge in [-0.3, -0.25) is 14.3 Å². The Morgan fingerprint density at radius 2 is 1.91 bits per heavy atom. The summed E-state index contributed by atoms with van der Waals surface area (Å²) in [6.45, 7) is 8.98. The first-order chi connectivity index (χ1) is 15.2. The van der Waals surface area contributed by atoms with Gasteiger partial charge in [0.2, 0.25) is 5.91 Å². The first-order valence-corrected chi connectivity index (χ1v) is 12.8. The van der Waals surface area contributed by atoms with E-state index in [4.69, 9.17) is 5.10 Å². The van der Waals surface area contributed by atoms with Gasteiger partial charge in [-0.25, -0.2) is 0 Å². The summed E-state index contributed by atoms with van der Waals surface area (Å²) in [6.07, 6.45) is 8.09. The highest BCUT2D eigenvalue weighted by atomic mass is 32.1. The van der Waals surface area contributed by atoms with Crippen LogP contribution in [0.4, 0.5) is 0 Å². The Morgan fingerprint density at radius 3 is 2.53 bits per heavy atom. The van der Waals surface area contributed by atoms with Crippen LogP contribution in [0.2, 0.25) is 0 Å². The van der Waals surface area contributed by atoms with Crippen LogP contribution in [0.1, 0.15) is 93.7 Å². The summed E-state index contributed by atoms with van der Waals surface area (Å²) in [5.41, 5.74) is 0.294. The van der Waals surface area contributed by atoms with Crippen LogP contribution in [0.15, 0.2) is 23.6 Å². The standard InChI is InChI=1S/C25H36N4O2S/c1-24(2,3)21-15-20-22(30)28(16-19-13-10-14-32-19)25(4,17-29(20)27-21)23(31)26-18-11-8-6-5-7-9-12-18/h10,13-15,18H,5-9,11-12,16-17H2,1-4H3,(H,26,31)/t25-/m0/s1. The molecule has 2 amide bonds. The Kier molecular flexibility index (Phi) is 6.48. The molecule has 0 saturated heterocycles. The second-order valence-electron chi connectivity index (χ2n) is 10.6. The van der Waals surface area contributed by atoms with E-state index in [1.165, 1.54) is 19.3 Å². The molecule has 1 atom stereocenters. The molecule has 2 aliphatic rings. The number of amides is 2. The summed E-state index contributed by atoms with van der Waals surface area (Å²) in [4.78, 5) is 30.3. The van der Waals surface area contributed by atoms with Gasteiger partial charge in [0.15, 0.2) is 0 Å². The minimum atomic E-state index is -0.988. The lowest BCUT2D eigenvalue weighted by Crippen LogP contribution is -2.64. The minimum absolute atomic E-state index is 0.0635. The maximum Gasteiger partial charge on any atom is 0.273 e. The lowest BCUT2D eigenvalue weighted by Gasteiger charge is -2.43. The molecule has 2 aromatic heterocycles. The molecule has 2 aromatic rings. The molecule has 3 heterocycles. The van der Waals surface area contributed by atoms with Gasteiger partial charge in [0.1, 0.15) is 11.2 Å². The molecule has 0 spiro atoms. The molecule has 1 aliphatic heterocycles. The van der Waals surface area contributed by atoms with Gasteiger partial charge >= 0.3 is 0 Å². The molecule has 1 saturated carbocycles. The highest BCUT2D eigenvalue weighted by Crippen LogP contribution is 2.33. The highest BCUT2D eigenvalue weighted by molar-refractivity contribution is 7.09. The SMILES string of the molecule is CC(C)(C)c1cc2n(n1)C[C@@](C)(C(=O)NC1CCCCCCC1)N(Cc1cccs1)C2=O. The first-order valence-electron chi connectivity index (χ1n) is 11.9. The number of carbonyl (C=O) groups is 2. The summed E-state index contributed by atoms with van der Waals surface area (Å²) in [5, 5.41) is 10.1. The molecular formula is C25H36N4O2S.